The van der Waals surface area contributed by atoms with E-state index in [0.717, 1.165) is 30.2 Å². The Morgan fingerprint density at radius 2 is 1.91 bits per heavy atom. The zero-order chi connectivity index (χ0) is 33.2. The van der Waals surface area contributed by atoms with Gasteiger partial charge in [-0.05, 0) is 64.5 Å². The largest absolute Gasteiger partial charge is 0.375 e. The van der Waals surface area contributed by atoms with Gasteiger partial charge in [0.05, 0.1) is 51.4 Å². The van der Waals surface area contributed by atoms with Crippen LogP contribution >= 0.6 is 23.2 Å². The van der Waals surface area contributed by atoms with Crippen molar-refractivity contribution in [2.75, 3.05) is 17.3 Å². The summed E-state index contributed by atoms with van der Waals surface area (Å²) in [4.78, 5) is 31.9. The van der Waals surface area contributed by atoms with Crippen molar-refractivity contribution in [3.63, 3.8) is 0 Å². The van der Waals surface area contributed by atoms with Crippen LogP contribution in [0, 0.1) is 11.7 Å². The number of aromatic nitrogens is 2. The fraction of sp³-hybridized carbons (Fsp3) is 0.515. The van der Waals surface area contributed by atoms with Gasteiger partial charge < -0.3 is 18.9 Å². The Hall–Kier alpha value is -2.90. The number of Topliss-reactive ketones (excluding diaryl/α,β-unsaturated/α-hetero) is 1. The third-order valence-electron chi connectivity index (χ3n) is 9.67. The standard InChI is InChI=1S/C33H34Cl2FN3O7S/c1-33(2)13-20(8-9-45-33)47(42,43)16-26(40)30-25(36)11-19(14-37-30)39-18-10-21(32(39)41)27(12-18)44-15-22-29(38-46-31(22)17-6-7-17)28-23(34)4-3-5-24(28)35/h3-5,11,14,17-18,20-21,27H,6-10,12-13,15-16H2,1-2H3/t18-,20?,21+,27+/m0/s1. The van der Waals surface area contributed by atoms with Gasteiger partial charge in [0.15, 0.2) is 21.4 Å². The van der Waals surface area contributed by atoms with Crippen molar-refractivity contribution in [1.29, 1.82) is 0 Å². The Bertz CT molecular complexity index is 1840. The highest BCUT2D eigenvalue weighted by molar-refractivity contribution is 7.92. The summed E-state index contributed by atoms with van der Waals surface area (Å²) in [6.45, 7) is 4.03. The molecule has 14 heteroatoms. The number of hydrogen-bond acceptors (Lipinski definition) is 9. The molecule has 0 N–H and O–H groups in total. The first-order valence-electron chi connectivity index (χ1n) is 15.7. The van der Waals surface area contributed by atoms with Crippen molar-refractivity contribution in [2.24, 2.45) is 5.92 Å². The summed E-state index contributed by atoms with van der Waals surface area (Å²) in [7, 11) is -3.85. The Morgan fingerprint density at radius 3 is 2.57 bits per heavy atom. The average molecular weight is 707 g/mol. The maximum Gasteiger partial charge on any atom is 0.233 e. The van der Waals surface area contributed by atoms with Crippen molar-refractivity contribution in [3.8, 4) is 11.3 Å². The van der Waals surface area contributed by atoms with Gasteiger partial charge in [0.1, 0.15) is 22.9 Å². The van der Waals surface area contributed by atoms with E-state index in [0.29, 0.717) is 34.1 Å². The molecule has 2 aliphatic carbocycles. The zero-order valence-electron chi connectivity index (χ0n) is 25.9. The molecule has 4 fully saturated rings. The summed E-state index contributed by atoms with van der Waals surface area (Å²) >= 11 is 13.0. The maximum absolute atomic E-state index is 15.3. The monoisotopic (exact) mass is 705 g/mol. The van der Waals surface area contributed by atoms with E-state index in [1.807, 2.05) is 0 Å². The van der Waals surface area contributed by atoms with Crippen LogP contribution in [-0.2, 0) is 30.7 Å². The smallest absolute Gasteiger partial charge is 0.233 e. The molecule has 47 heavy (non-hydrogen) atoms. The minimum absolute atomic E-state index is 0.161. The molecule has 2 saturated heterocycles. The Balaban J connectivity index is 1.03. The SMILES string of the molecule is CC1(C)CC(S(=O)(=O)CC(=O)c2ncc(N3C(=O)[C@@H]4C[C@H]3C[C@H]4OCc3c(-c4c(Cl)cccc4Cl)noc3C3CC3)cc2F)CCO1. The highest BCUT2D eigenvalue weighted by atomic mass is 35.5. The first-order valence-corrected chi connectivity index (χ1v) is 18.2. The predicted molar refractivity (Wildman–Crippen MR) is 172 cm³/mol. The molecule has 4 heterocycles. The quantitative estimate of drug-likeness (QED) is 0.222. The van der Waals surface area contributed by atoms with Gasteiger partial charge in [0, 0.05) is 35.8 Å². The average Bonchev–Trinajstić information content (AvgIpc) is 3.51. The molecule has 2 saturated carbocycles. The number of ether oxygens (including phenoxy) is 2. The van der Waals surface area contributed by atoms with Gasteiger partial charge in [-0.2, -0.15) is 0 Å². The van der Waals surface area contributed by atoms with Crippen LogP contribution in [0.1, 0.15) is 80.1 Å². The van der Waals surface area contributed by atoms with E-state index in [2.05, 4.69) is 10.1 Å². The van der Waals surface area contributed by atoms with E-state index in [-0.39, 0.29) is 55.7 Å². The lowest BCUT2D eigenvalue weighted by molar-refractivity contribution is -0.126. The summed E-state index contributed by atoms with van der Waals surface area (Å²) in [6, 6.07) is 6.05. The normalized spacial score (nSPS) is 25.5. The molecule has 1 unspecified atom stereocenters. The molecule has 2 aromatic heterocycles. The van der Waals surface area contributed by atoms with Gasteiger partial charge in [-0.25, -0.2) is 17.8 Å². The zero-order valence-corrected chi connectivity index (χ0v) is 28.2. The third-order valence-corrected chi connectivity index (χ3v) is 12.4. The van der Waals surface area contributed by atoms with Gasteiger partial charge in [-0.3, -0.25) is 9.59 Å². The highest BCUT2D eigenvalue weighted by Gasteiger charge is 2.52. The van der Waals surface area contributed by atoms with E-state index in [1.54, 1.807) is 32.0 Å². The fourth-order valence-electron chi connectivity index (χ4n) is 7.18. The molecular weight excluding hydrogens is 672 g/mol. The van der Waals surface area contributed by atoms with Crippen molar-refractivity contribution in [3.05, 3.63) is 63.3 Å². The van der Waals surface area contributed by atoms with Crippen molar-refractivity contribution in [1.82, 2.24) is 10.1 Å². The van der Waals surface area contributed by atoms with Crippen molar-refractivity contribution >= 4 is 50.4 Å². The fourth-order valence-corrected chi connectivity index (χ4v) is 9.60. The highest BCUT2D eigenvalue weighted by Crippen LogP contribution is 2.48. The predicted octanol–water partition coefficient (Wildman–Crippen LogP) is 6.33. The Labute approximate surface area is 281 Å². The van der Waals surface area contributed by atoms with Crippen LogP contribution in [0.15, 0.2) is 35.0 Å². The van der Waals surface area contributed by atoms with Gasteiger partial charge in [-0.15, -0.1) is 0 Å². The number of benzene rings is 1. The van der Waals surface area contributed by atoms with Crippen LogP contribution in [0.25, 0.3) is 11.3 Å². The van der Waals surface area contributed by atoms with Crippen LogP contribution in [0.3, 0.4) is 0 Å². The molecule has 4 aliphatic rings. The number of anilines is 1. The Kier molecular flexibility index (Phi) is 8.48. The lowest BCUT2D eigenvalue weighted by atomic mass is 9.98. The van der Waals surface area contributed by atoms with E-state index in [9.17, 15) is 18.0 Å². The van der Waals surface area contributed by atoms with Gasteiger partial charge in [0.2, 0.25) is 5.91 Å². The summed E-state index contributed by atoms with van der Waals surface area (Å²) in [6.07, 6.45) is 4.41. The van der Waals surface area contributed by atoms with E-state index in [4.69, 9.17) is 37.2 Å². The number of pyridine rings is 1. The molecule has 250 valence electrons. The van der Waals surface area contributed by atoms with Crippen LogP contribution in [-0.4, -0.2) is 65.6 Å². The number of amides is 1. The number of carbonyl (C=O) groups excluding carboxylic acids is 2. The molecule has 7 rings (SSSR count). The van der Waals surface area contributed by atoms with Crippen molar-refractivity contribution < 1.29 is 36.4 Å². The first kappa shape index (κ1) is 32.6. The molecule has 0 spiro atoms. The third kappa shape index (κ3) is 6.23. The van der Waals surface area contributed by atoms with Crippen LogP contribution < -0.4 is 4.90 Å². The summed E-state index contributed by atoms with van der Waals surface area (Å²) in [5.41, 5.74) is 0.898. The number of sulfone groups is 1. The topological polar surface area (TPSA) is 129 Å². The number of carbonyl (C=O) groups is 2. The van der Waals surface area contributed by atoms with Gasteiger partial charge in [-0.1, -0.05) is 34.4 Å². The lowest BCUT2D eigenvalue weighted by Crippen LogP contribution is -2.43. The Morgan fingerprint density at radius 1 is 1.17 bits per heavy atom. The van der Waals surface area contributed by atoms with Gasteiger partial charge in [0.25, 0.3) is 0 Å². The molecule has 10 nitrogen and oxygen atoms in total. The summed E-state index contributed by atoms with van der Waals surface area (Å²) < 4.78 is 58.9. The second-order valence-corrected chi connectivity index (χ2v) is 16.6. The molecule has 4 atom stereocenters. The van der Waals surface area contributed by atoms with Crippen LogP contribution in [0.4, 0.5) is 10.1 Å². The first-order chi connectivity index (χ1) is 22.3. The number of rotatable bonds is 10. The number of nitrogens with zero attached hydrogens (tertiary/aromatic N) is 3. The minimum atomic E-state index is -3.85. The van der Waals surface area contributed by atoms with Gasteiger partial charge >= 0.3 is 0 Å². The maximum atomic E-state index is 15.3. The van der Waals surface area contributed by atoms with E-state index < -0.39 is 49.7 Å². The number of piperidine rings is 1. The number of hydrogen-bond donors (Lipinski definition) is 0. The van der Waals surface area contributed by atoms with Crippen LogP contribution in [0.5, 0.6) is 0 Å². The van der Waals surface area contributed by atoms with Crippen LogP contribution in [0.2, 0.25) is 10.0 Å². The minimum Gasteiger partial charge on any atom is -0.375 e. The molecule has 2 bridgehead atoms. The molecule has 3 aromatic rings. The van der Waals surface area contributed by atoms with E-state index in [1.165, 1.54) is 11.1 Å². The second-order valence-electron chi connectivity index (χ2n) is 13.5. The van der Waals surface area contributed by atoms with Crippen molar-refractivity contribution in [2.45, 2.75) is 87.9 Å². The summed E-state index contributed by atoms with van der Waals surface area (Å²) in [5, 5.41) is 4.43. The van der Waals surface area contributed by atoms with E-state index >= 15 is 4.39 Å². The number of ketones is 1. The summed E-state index contributed by atoms with van der Waals surface area (Å²) in [5.74, 6) is -2.41. The molecule has 2 aliphatic heterocycles. The number of fused-ring (bicyclic) bond motifs is 2. The number of halogens is 3. The second kappa shape index (κ2) is 12.2. The molecular formula is C33H34Cl2FN3O7S. The lowest BCUT2D eigenvalue weighted by Gasteiger charge is -2.35. The molecule has 1 aromatic carbocycles. The molecule has 0 radical (unpaired) electrons. The molecule has 1 amide bonds.